The van der Waals surface area contributed by atoms with Crippen LogP contribution in [0.15, 0.2) is 72.6 Å². The molecule has 156 valence electrons. The van der Waals surface area contributed by atoms with Crippen LogP contribution in [-0.2, 0) is 9.59 Å². The number of aliphatic hydroxyl groups is 1. The third-order valence-corrected chi connectivity index (χ3v) is 5.45. The van der Waals surface area contributed by atoms with E-state index in [2.05, 4.69) is 4.98 Å². The predicted molar refractivity (Wildman–Crippen MR) is 118 cm³/mol. The van der Waals surface area contributed by atoms with Gasteiger partial charge in [0.15, 0.2) is 0 Å². The van der Waals surface area contributed by atoms with Gasteiger partial charge in [0.25, 0.3) is 11.7 Å². The number of ketones is 1. The molecule has 8 heteroatoms. The molecule has 0 saturated carbocycles. The first-order valence-corrected chi connectivity index (χ1v) is 9.98. The van der Waals surface area contributed by atoms with Crippen LogP contribution < -0.4 is 9.64 Å². The van der Waals surface area contributed by atoms with Gasteiger partial charge in [-0.3, -0.25) is 19.5 Å². The summed E-state index contributed by atoms with van der Waals surface area (Å²) in [6, 6.07) is 13.7. The highest BCUT2D eigenvalue weighted by atomic mass is 35.5. The number of nitrogens with zero attached hydrogens (tertiary/aromatic N) is 2. The van der Waals surface area contributed by atoms with Gasteiger partial charge in [-0.25, -0.2) is 0 Å². The molecule has 0 spiro atoms. The molecule has 1 saturated heterocycles. The summed E-state index contributed by atoms with van der Waals surface area (Å²) in [6.45, 7) is 0. The first-order valence-electron chi connectivity index (χ1n) is 9.22. The van der Waals surface area contributed by atoms with Crippen molar-refractivity contribution in [3.05, 3.63) is 93.7 Å². The molecule has 31 heavy (non-hydrogen) atoms. The standard InChI is InChI=1S/C23H16Cl2N2O4/c1-31-18-9-6-15(25)11-17(18)21(28)19-20(13-3-2-10-26-12-13)27(23(30)22(19)29)16-7-4-14(24)5-8-16/h2-12,20,28H,1H3/b21-19+. The first-order chi connectivity index (χ1) is 14.9. The quantitative estimate of drug-likeness (QED) is 0.340. The van der Waals surface area contributed by atoms with Crippen LogP contribution in [0.25, 0.3) is 5.76 Å². The van der Waals surface area contributed by atoms with Crippen LogP contribution >= 0.6 is 23.2 Å². The monoisotopic (exact) mass is 454 g/mol. The third-order valence-electron chi connectivity index (χ3n) is 4.97. The summed E-state index contributed by atoms with van der Waals surface area (Å²) in [7, 11) is 1.44. The number of anilines is 1. The number of benzene rings is 2. The fraction of sp³-hybridized carbons (Fsp3) is 0.0870. The van der Waals surface area contributed by atoms with Crippen LogP contribution in [-0.4, -0.2) is 28.9 Å². The molecule has 0 aliphatic carbocycles. The van der Waals surface area contributed by atoms with E-state index in [0.717, 1.165) is 0 Å². The molecule has 3 aromatic rings. The summed E-state index contributed by atoms with van der Waals surface area (Å²) >= 11 is 12.1. The summed E-state index contributed by atoms with van der Waals surface area (Å²) in [5.41, 5.74) is 1.13. The number of aliphatic hydroxyl groups excluding tert-OH is 1. The molecule has 4 rings (SSSR count). The van der Waals surface area contributed by atoms with E-state index in [9.17, 15) is 14.7 Å². The normalized spacial score (nSPS) is 17.8. The highest BCUT2D eigenvalue weighted by molar-refractivity contribution is 6.51. The zero-order valence-corrected chi connectivity index (χ0v) is 17.8. The summed E-state index contributed by atoms with van der Waals surface area (Å²) in [5, 5.41) is 12.0. The van der Waals surface area contributed by atoms with Gasteiger partial charge >= 0.3 is 0 Å². The number of halogens is 2. The Labute approximate surface area is 188 Å². The molecular formula is C23H16Cl2N2O4. The Kier molecular flexibility index (Phi) is 5.67. The fourth-order valence-electron chi connectivity index (χ4n) is 3.56. The number of amides is 1. The maximum Gasteiger partial charge on any atom is 0.300 e. The van der Waals surface area contributed by atoms with E-state index in [1.165, 1.54) is 18.1 Å². The molecule has 1 aromatic heterocycles. The maximum absolute atomic E-state index is 13.1. The Hall–Kier alpha value is -3.35. The molecule has 1 fully saturated rings. The first kappa shape index (κ1) is 20.9. The summed E-state index contributed by atoms with van der Waals surface area (Å²) in [5.74, 6) is -1.69. The minimum atomic E-state index is -0.904. The molecule has 1 unspecified atom stereocenters. The van der Waals surface area contributed by atoms with Crippen molar-refractivity contribution in [1.82, 2.24) is 4.98 Å². The number of carbonyl (C=O) groups excluding carboxylic acids is 2. The summed E-state index contributed by atoms with van der Waals surface area (Å²) < 4.78 is 5.32. The van der Waals surface area contributed by atoms with Crippen LogP contribution in [0.5, 0.6) is 5.75 Å². The lowest BCUT2D eigenvalue weighted by atomic mass is 9.96. The van der Waals surface area contributed by atoms with Gasteiger partial charge in [-0.05, 0) is 54.1 Å². The largest absolute Gasteiger partial charge is 0.507 e. The fourth-order valence-corrected chi connectivity index (χ4v) is 3.86. The molecular weight excluding hydrogens is 439 g/mol. The van der Waals surface area contributed by atoms with Crippen LogP contribution in [0, 0.1) is 0 Å². The molecule has 0 radical (unpaired) electrons. The Bertz CT molecular complexity index is 1190. The Morgan fingerprint density at radius 2 is 1.77 bits per heavy atom. The van der Waals surface area contributed by atoms with Gasteiger partial charge in [0.05, 0.1) is 24.3 Å². The van der Waals surface area contributed by atoms with Crippen LogP contribution in [0.1, 0.15) is 17.2 Å². The molecule has 1 aliphatic heterocycles. The number of hydrogen-bond acceptors (Lipinski definition) is 5. The number of rotatable bonds is 4. The molecule has 2 aromatic carbocycles. The second-order valence-corrected chi connectivity index (χ2v) is 7.65. The highest BCUT2D eigenvalue weighted by Gasteiger charge is 2.47. The van der Waals surface area contributed by atoms with Crippen molar-refractivity contribution in [2.75, 3.05) is 12.0 Å². The number of methoxy groups -OCH3 is 1. The molecule has 0 bridgehead atoms. The van der Waals surface area contributed by atoms with Crippen LogP contribution in [0.3, 0.4) is 0 Å². The Morgan fingerprint density at radius 3 is 2.42 bits per heavy atom. The number of Topliss-reactive ketones (excluding diaryl/α,β-unsaturated/α-hetero) is 1. The van der Waals surface area contributed by atoms with E-state index in [4.69, 9.17) is 27.9 Å². The van der Waals surface area contributed by atoms with E-state index in [1.54, 1.807) is 60.9 Å². The molecule has 1 aliphatic rings. The lowest BCUT2D eigenvalue weighted by Gasteiger charge is -2.25. The number of pyridine rings is 1. The minimum absolute atomic E-state index is 0.0893. The number of aromatic nitrogens is 1. The van der Waals surface area contributed by atoms with E-state index in [0.29, 0.717) is 27.0 Å². The van der Waals surface area contributed by atoms with Crippen molar-refractivity contribution < 1.29 is 19.4 Å². The van der Waals surface area contributed by atoms with E-state index in [1.807, 2.05) is 0 Å². The van der Waals surface area contributed by atoms with Crippen molar-refractivity contribution >= 4 is 46.3 Å². The van der Waals surface area contributed by atoms with Crippen molar-refractivity contribution in [3.8, 4) is 5.75 Å². The van der Waals surface area contributed by atoms with Crippen molar-refractivity contribution in [3.63, 3.8) is 0 Å². The predicted octanol–water partition coefficient (Wildman–Crippen LogP) is 5.02. The third kappa shape index (κ3) is 3.76. The van der Waals surface area contributed by atoms with E-state index in [-0.39, 0.29) is 16.9 Å². The number of carbonyl (C=O) groups is 2. The SMILES string of the molecule is COc1ccc(Cl)cc1/C(O)=C1\C(=O)C(=O)N(c2ccc(Cl)cc2)C1c1cccnc1. The molecule has 2 heterocycles. The summed E-state index contributed by atoms with van der Waals surface area (Å²) in [6.07, 6.45) is 3.12. The average molecular weight is 455 g/mol. The van der Waals surface area contributed by atoms with Gasteiger partial charge < -0.3 is 9.84 Å². The van der Waals surface area contributed by atoms with Crippen LogP contribution in [0.4, 0.5) is 5.69 Å². The topological polar surface area (TPSA) is 79.7 Å². The number of ether oxygens (including phenoxy) is 1. The van der Waals surface area contributed by atoms with Gasteiger partial charge in [-0.15, -0.1) is 0 Å². The van der Waals surface area contributed by atoms with Gasteiger partial charge in [0.2, 0.25) is 0 Å². The van der Waals surface area contributed by atoms with Crippen LogP contribution in [0.2, 0.25) is 10.0 Å². The minimum Gasteiger partial charge on any atom is -0.507 e. The average Bonchev–Trinajstić information content (AvgIpc) is 3.05. The van der Waals surface area contributed by atoms with Gasteiger partial charge in [-0.1, -0.05) is 29.3 Å². The summed E-state index contributed by atoms with van der Waals surface area (Å²) in [4.78, 5) is 31.6. The lowest BCUT2D eigenvalue weighted by molar-refractivity contribution is -0.132. The maximum atomic E-state index is 13.1. The zero-order valence-electron chi connectivity index (χ0n) is 16.3. The van der Waals surface area contributed by atoms with Gasteiger partial charge in [0.1, 0.15) is 11.5 Å². The van der Waals surface area contributed by atoms with Crippen molar-refractivity contribution in [2.45, 2.75) is 6.04 Å². The van der Waals surface area contributed by atoms with Gasteiger partial charge in [0, 0.05) is 28.1 Å². The lowest BCUT2D eigenvalue weighted by Crippen LogP contribution is -2.29. The molecule has 6 nitrogen and oxygen atoms in total. The zero-order chi connectivity index (χ0) is 22.1. The smallest absolute Gasteiger partial charge is 0.300 e. The molecule has 1 amide bonds. The van der Waals surface area contributed by atoms with Crippen molar-refractivity contribution in [1.29, 1.82) is 0 Å². The Balaban J connectivity index is 1.97. The van der Waals surface area contributed by atoms with E-state index >= 15 is 0 Å². The van der Waals surface area contributed by atoms with Crippen molar-refractivity contribution in [2.24, 2.45) is 0 Å². The van der Waals surface area contributed by atoms with Gasteiger partial charge in [-0.2, -0.15) is 0 Å². The highest BCUT2D eigenvalue weighted by Crippen LogP contribution is 2.43. The molecule has 1 atom stereocenters. The second kappa shape index (κ2) is 8.41. The van der Waals surface area contributed by atoms with E-state index < -0.39 is 17.7 Å². The Morgan fingerprint density at radius 1 is 1.06 bits per heavy atom. The second-order valence-electron chi connectivity index (χ2n) is 6.78. The molecule has 1 N–H and O–H groups in total. The number of hydrogen-bond donors (Lipinski definition) is 1.